The zero-order valence-electron chi connectivity index (χ0n) is 19.6. The normalized spacial score (nSPS) is 23.9. The van der Waals surface area contributed by atoms with Crippen LogP contribution in [0.2, 0.25) is 5.02 Å². The Hall–Kier alpha value is -2.16. The Labute approximate surface area is 206 Å². The van der Waals surface area contributed by atoms with Crippen molar-refractivity contribution >= 4 is 35.3 Å². The molecule has 34 heavy (non-hydrogen) atoms. The number of halogens is 1. The zero-order chi connectivity index (χ0) is 23.8. The highest BCUT2D eigenvalue weighted by Crippen LogP contribution is 2.28. The van der Waals surface area contributed by atoms with Crippen LogP contribution in [0.3, 0.4) is 0 Å². The molecule has 2 N–H and O–H groups in total. The predicted octanol–water partition coefficient (Wildman–Crippen LogP) is 4.31. The van der Waals surface area contributed by atoms with E-state index in [1.165, 1.54) is 38.2 Å². The molecule has 2 saturated heterocycles. The van der Waals surface area contributed by atoms with Gasteiger partial charge in [0.25, 0.3) is 5.91 Å². The molecule has 2 amide bonds. The number of hydroxylamine groups is 1. The first-order chi connectivity index (χ1) is 16.6. The van der Waals surface area contributed by atoms with Gasteiger partial charge in [-0.15, -0.1) is 0 Å². The number of carbonyl (C=O) groups is 2. The Kier molecular flexibility index (Phi) is 9.18. The Balaban J connectivity index is 1.21. The molecule has 0 bridgehead atoms. The van der Waals surface area contributed by atoms with Crippen molar-refractivity contribution in [2.24, 2.45) is 5.92 Å². The SMILES string of the molecule is O=C(/C=C/c1cnc(NC2CCN(C(=O)CC3CCCCC3)C2)c(Cl)c1)NOC1CCCCO1. The van der Waals surface area contributed by atoms with E-state index in [2.05, 4.69) is 15.8 Å². The molecule has 3 fully saturated rings. The van der Waals surface area contributed by atoms with E-state index in [9.17, 15) is 9.59 Å². The van der Waals surface area contributed by atoms with Gasteiger partial charge in [0.15, 0.2) is 6.29 Å². The maximum absolute atomic E-state index is 12.7. The van der Waals surface area contributed by atoms with Gasteiger partial charge >= 0.3 is 0 Å². The molecule has 186 valence electrons. The second-order valence-corrected chi connectivity index (χ2v) is 9.90. The van der Waals surface area contributed by atoms with Gasteiger partial charge in [0, 0.05) is 50.9 Å². The van der Waals surface area contributed by atoms with Gasteiger partial charge in [-0.2, -0.15) is 0 Å². The molecule has 1 aliphatic carbocycles. The molecule has 0 spiro atoms. The van der Waals surface area contributed by atoms with E-state index in [0.29, 0.717) is 41.9 Å². The highest BCUT2D eigenvalue weighted by molar-refractivity contribution is 6.33. The lowest BCUT2D eigenvalue weighted by Gasteiger charge is -2.24. The van der Waals surface area contributed by atoms with Gasteiger partial charge in [-0.3, -0.25) is 9.59 Å². The molecule has 3 aliphatic rings. The van der Waals surface area contributed by atoms with Crippen LogP contribution in [0.15, 0.2) is 18.3 Å². The van der Waals surface area contributed by atoms with Crippen molar-refractivity contribution in [3.8, 4) is 0 Å². The van der Waals surface area contributed by atoms with Crippen LogP contribution in [-0.2, 0) is 19.2 Å². The third kappa shape index (κ3) is 7.42. The lowest BCUT2D eigenvalue weighted by Crippen LogP contribution is -2.33. The number of rotatable bonds is 8. The van der Waals surface area contributed by atoms with E-state index in [-0.39, 0.29) is 24.1 Å². The summed E-state index contributed by atoms with van der Waals surface area (Å²) in [5.74, 6) is 1.04. The summed E-state index contributed by atoms with van der Waals surface area (Å²) in [6.45, 7) is 2.09. The molecule has 2 aliphatic heterocycles. The number of hydrogen-bond acceptors (Lipinski definition) is 6. The Morgan fingerprint density at radius 2 is 2.00 bits per heavy atom. The molecule has 1 saturated carbocycles. The summed E-state index contributed by atoms with van der Waals surface area (Å²) in [6, 6.07) is 1.89. The smallest absolute Gasteiger partial charge is 0.267 e. The Morgan fingerprint density at radius 3 is 2.76 bits per heavy atom. The summed E-state index contributed by atoms with van der Waals surface area (Å²) in [5.41, 5.74) is 3.09. The van der Waals surface area contributed by atoms with Gasteiger partial charge in [0.05, 0.1) is 5.02 Å². The average Bonchev–Trinajstić information content (AvgIpc) is 3.33. The summed E-state index contributed by atoms with van der Waals surface area (Å²) >= 11 is 6.43. The molecular weight excluding hydrogens is 456 g/mol. The fourth-order valence-electron chi connectivity index (χ4n) is 4.85. The van der Waals surface area contributed by atoms with Crippen LogP contribution in [0.5, 0.6) is 0 Å². The minimum absolute atomic E-state index is 0.131. The number of likely N-dealkylation sites (tertiary alicyclic amines) is 1. The van der Waals surface area contributed by atoms with Crippen molar-refractivity contribution in [3.63, 3.8) is 0 Å². The van der Waals surface area contributed by atoms with Crippen LogP contribution in [0.1, 0.15) is 69.8 Å². The van der Waals surface area contributed by atoms with Crippen LogP contribution in [0.25, 0.3) is 6.08 Å². The van der Waals surface area contributed by atoms with E-state index < -0.39 is 0 Å². The van der Waals surface area contributed by atoms with E-state index >= 15 is 0 Å². The first-order valence-electron chi connectivity index (χ1n) is 12.5. The van der Waals surface area contributed by atoms with Gasteiger partial charge in [0.2, 0.25) is 5.91 Å². The van der Waals surface area contributed by atoms with Crippen LogP contribution < -0.4 is 10.8 Å². The maximum Gasteiger partial charge on any atom is 0.267 e. The molecule has 9 heteroatoms. The third-order valence-corrected chi connectivity index (χ3v) is 7.08. The molecule has 2 atom stereocenters. The topological polar surface area (TPSA) is 92.8 Å². The van der Waals surface area contributed by atoms with Crippen molar-refractivity contribution in [1.29, 1.82) is 0 Å². The molecule has 8 nitrogen and oxygen atoms in total. The van der Waals surface area contributed by atoms with Crippen molar-refractivity contribution in [3.05, 3.63) is 28.9 Å². The second kappa shape index (κ2) is 12.5. The lowest BCUT2D eigenvalue weighted by atomic mass is 9.87. The third-order valence-electron chi connectivity index (χ3n) is 6.79. The number of aromatic nitrogens is 1. The summed E-state index contributed by atoms with van der Waals surface area (Å²) < 4.78 is 5.41. The Morgan fingerprint density at radius 1 is 1.18 bits per heavy atom. The van der Waals surface area contributed by atoms with E-state index in [0.717, 1.165) is 32.2 Å². The summed E-state index contributed by atoms with van der Waals surface area (Å²) in [7, 11) is 0. The summed E-state index contributed by atoms with van der Waals surface area (Å²) in [4.78, 5) is 36.3. The Bertz CT molecular complexity index is 868. The van der Waals surface area contributed by atoms with Gasteiger partial charge < -0.3 is 15.0 Å². The molecule has 0 radical (unpaired) electrons. The minimum atomic E-state index is -0.387. The second-order valence-electron chi connectivity index (χ2n) is 9.49. The van der Waals surface area contributed by atoms with Crippen molar-refractivity contribution in [1.82, 2.24) is 15.4 Å². The zero-order valence-corrected chi connectivity index (χ0v) is 20.4. The number of amides is 2. The standard InChI is InChI=1S/C25H35ClN4O4/c26-21-14-19(9-10-22(31)29-34-24-8-4-5-13-33-24)16-27-25(21)28-20-11-12-30(17-20)23(32)15-18-6-2-1-3-7-18/h9-10,14,16,18,20,24H,1-8,11-13,15,17H2,(H,27,28)(H,29,31)/b10-9+. The first-order valence-corrected chi connectivity index (χ1v) is 12.9. The lowest BCUT2D eigenvalue weighted by molar-refractivity contribution is -0.198. The van der Waals surface area contributed by atoms with Crippen LogP contribution >= 0.6 is 11.6 Å². The fraction of sp³-hybridized carbons (Fsp3) is 0.640. The number of carbonyl (C=O) groups excluding carboxylic acids is 2. The van der Waals surface area contributed by atoms with E-state index in [4.69, 9.17) is 21.2 Å². The number of pyridine rings is 1. The molecular formula is C25H35ClN4O4. The van der Waals surface area contributed by atoms with Gasteiger partial charge in [-0.25, -0.2) is 15.3 Å². The average molecular weight is 491 g/mol. The molecule has 1 aromatic rings. The number of nitrogens with zero attached hydrogens (tertiary/aromatic N) is 2. The summed E-state index contributed by atoms with van der Waals surface area (Å²) in [6.07, 6.45) is 14.8. The maximum atomic E-state index is 12.7. The molecule has 1 aromatic heterocycles. The monoisotopic (exact) mass is 490 g/mol. The van der Waals surface area contributed by atoms with Gasteiger partial charge in [-0.05, 0) is 55.7 Å². The van der Waals surface area contributed by atoms with E-state index in [1.807, 2.05) is 4.90 Å². The molecule has 4 rings (SSSR count). The first kappa shape index (κ1) is 24.9. The quantitative estimate of drug-likeness (QED) is 0.416. The van der Waals surface area contributed by atoms with Crippen LogP contribution in [0, 0.1) is 5.92 Å². The number of nitrogens with one attached hydrogen (secondary N) is 2. The largest absolute Gasteiger partial charge is 0.364 e. The van der Waals surface area contributed by atoms with Crippen molar-refractivity contribution < 1.29 is 19.2 Å². The number of hydrogen-bond donors (Lipinski definition) is 2. The summed E-state index contributed by atoms with van der Waals surface area (Å²) in [5, 5.41) is 3.85. The van der Waals surface area contributed by atoms with Crippen LogP contribution in [-0.4, -0.2) is 53.7 Å². The predicted molar refractivity (Wildman–Crippen MR) is 131 cm³/mol. The molecule has 0 aromatic carbocycles. The molecule has 3 heterocycles. The van der Waals surface area contributed by atoms with E-state index in [1.54, 1.807) is 18.3 Å². The highest BCUT2D eigenvalue weighted by atomic mass is 35.5. The number of ether oxygens (including phenoxy) is 1. The number of anilines is 1. The van der Waals surface area contributed by atoms with Crippen molar-refractivity contribution in [2.75, 3.05) is 25.0 Å². The van der Waals surface area contributed by atoms with Crippen LogP contribution in [0.4, 0.5) is 5.82 Å². The van der Waals surface area contributed by atoms with Crippen molar-refractivity contribution in [2.45, 2.75) is 76.5 Å². The minimum Gasteiger partial charge on any atom is -0.364 e. The van der Waals surface area contributed by atoms with Gasteiger partial charge in [-0.1, -0.05) is 30.9 Å². The fourth-order valence-corrected chi connectivity index (χ4v) is 5.08. The van der Waals surface area contributed by atoms with Gasteiger partial charge in [0.1, 0.15) is 5.82 Å². The molecule has 2 unspecified atom stereocenters. The highest BCUT2D eigenvalue weighted by Gasteiger charge is 2.28.